The van der Waals surface area contributed by atoms with Crippen LogP contribution < -0.4 is 10.6 Å². The number of anilines is 1. The number of likely N-dealkylation sites (tertiary alicyclic amines) is 1. The van der Waals surface area contributed by atoms with Crippen molar-refractivity contribution in [2.45, 2.75) is 68.7 Å². The molecule has 3 unspecified atom stereocenters. The van der Waals surface area contributed by atoms with Gasteiger partial charge in [-0.3, -0.25) is 14.4 Å². The highest BCUT2D eigenvalue weighted by Gasteiger charge is 2.76. The van der Waals surface area contributed by atoms with Crippen molar-refractivity contribution in [1.82, 2.24) is 10.2 Å². The van der Waals surface area contributed by atoms with E-state index in [0.29, 0.717) is 12.1 Å². The van der Waals surface area contributed by atoms with E-state index in [0.717, 1.165) is 6.42 Å². The molecule has 3 aliphatic rings. The highest BCUT2D eigenvalue weighted by Crippen LogP contribution is 2.68. The SMILES string of the molecule is CC[C@@H](CO)N1C(=O)[C@@H]2[C@@H](C(=O)Nc3ccccc3)[C@H]3CC(C)C2(S3)C1C(=O)NC(C)C. The third-order valence-electron chi connectivity index (χ3n) is 7.28. The van der Waals surface area contributed by atoms with Gasteiger partial charge in [0.2, 0.25) is 17.7 Å². The zero-order valence-electron chi connectivity index (χ0n) is 19.1. The number of rotatable bonds is 7. The molecule has 0 saturated carbocycles. The third-order valence-corrected chi connectivity index (χ3v) is 9.36. The molecule has 3 N–H and O–H groups in total. The van der Waals surface area contributed by atoms with E-state index >= 15 is 0 Å². The number of para-hydroxylation sites is 1. The molecule has 2 bridgehead atoms. The molecule has 7 nitrogen and oxygen atoms in total. The first-order valence-electron chi connectivity index (χ1n) is 11.5. The molecule has 32 heavy (non-hydrogen) atoms. The number of nitrogens with zero attached hydrogens (tertiary/aromatic N) is 1. The second-order valence-electron chi connectivity index (χ2n) is 9.56. The lowest BCUT2D eigenvalue weighted by Gasteiger charge is -2.40. The molecule has 1 aromatic carbocycles. The maximum Gasteiger partial charge on any atom is 0.244 e. The number of hydrogen-bond donors (Lipinski definition) is 3. The summed E-state index contributed by atoms with van der Waals surface area (Å²) in [4.78, 5) is 42.4. The molecule has 1 spiro atoms. The maximum absolute atomic E-state index is 13.9. The van der Waals surface area contributed by atoms with Gasteiger partial charge in [0.1, 0.15) is 6.04 Å². The molecule has 3 saturated heterocycles. The number of carbonyl (C=O) groups is 3. The molecule has 4 rings (SSSR count). The lowest BCUT2D eigenvalue weighted by atomic mass is 9.65. The molecule has 3 heterocycles. The van der Waals surface area contributed by atoms with Crippen LogP contribution in [0.15, 0.2) is 30.3 Å². The fraction of sp³-hybridized carbons (Fsp3) is 0.625. The number of amides is 3. The zero-order chi connectivity index (χ0) is 23.2. The van der Waals surface area contributed by atoms with Gasteiger partial charge in [-0.05, 0) is 44.7 Å². The molecule has 174 valence electrons. The van der Waals surface area contributed by atoms with Gasteiger partial charge in [-0.1, -0.05) is 32.0 Å². The summed E-state index contributed by atoms with van der Waals surface area (Å²) in [6.45, 7) is 7.59. The summed E-state index contributed by atoms with van der Waals surface area (Å²) in [6.07, 6.45) is 1.33. The molecule has 0 radical (unpaired) electrons. The summed E-state index contributed by atoms with van der Waals surface area (Å²) in [5, 5.41) is 16.0. The number of hydrogen-bond acceptors (Lipinski definition) is 5. The van der Waals surface area contributed by atoms with Crippen LogP contribution in [0.4, 0.5) is 5.69 Å². The molecular formula is C24H33N3O4S. The molecular weight excluding hydrogens is 426 g/mol. The Kier molecular flexibility index (Phi) is 6.29. The Labute approximate surface area is 193 Å². The predicted octanol–water partition coefficient (Wildman–Crippen LogP) is 2.26. The molecule has 8 heteroatoms. The Morgan fingerprint density at radius 1 is 1.25 bits per heavy atom. The average molecular weight is 460 g/mol. The van der Waals surface area contributed by atoms with E-state index in [-0.39, 0.29) is 41.5 Å². The van der Waals surface area contributed by atoms with E-state index in [1.807, 2.05) is 51.1 Å². The lowest BCUT2D eigenvalue weighted by Crippen LogP contribution is -2.59. The van der Waals surface area contributed by atoms with E-state index in [2.05, 4.69) is 17.6 Å². The van der Waals surface area contributed by atoms with Crippen molar-refractivity contribution in [2.75, 3.05) is 11.9 Å². The normalized spacial score (nSPS) is 34.0. The van der Waals surface area contributed by atoms with Gasteiger partial charge in [-0.25, -0.2) is 0 Å². The molecule has 1 aromatic rings. The van der Waals surface area contributed by atoms with Crippen LogP contribution in [0.5, 0.6) is 0 Å². The van der Waals surface area contributed by atoms with E-state index < -0.39 is 28.7 Å². The number of aliphatic hydroxyl groups is 1. The number of nitrogens with one attached hydrogen (secondary N) is 2. The Morgan fingerprint density at radius 3 is 2.53 bits per heavy atom. The Balaban J connectivity index is 1.74. The summed E-state index contributed by atoms with van der Waals surface area (Å²) in [5.41, 5.74) is 0.700. The van der Waals surface area contributed by atoms with Crippen LogP contribution in [0.1, 0.15) is 40.5 Å². The van der Waals surface area contributed by atoms with Gasteiger partial charge < -0.3 is 20.6 Å². The van der Waals surface area contributed by atoms with Gasteiger partial charge in [0.15, 0.2) is 0 Å². The minimum Gasteiger partial charge on any atom is -0.394 e. The van der Waals surface area contributed by atoms with Crippen molar-refractivity contribution in [3.8, 4) is 0 Å². The Hall–Kier alpha value is -2.06. The summed E-state index contributed by atoms with van der Waals surface area (Å²) >= 11 is 1.65. The molecule has 3 fully saturated rings. The summed E-state index contributed by atoms with van der Waals surface area (Å²) in [5.74, 6) is -1.50. The van der Waals surface area contributed by atoms with Crippen molar-refractivity contribution in [3.63, 3.8) is 0 Å². The Bertz CT molecular complexity index is 890. The highest BCUT2D eigenvalue weighted by atomic mass is 32.2. The molecule has 3 amide bonds. The standard InChI is InChI=1S/C24H33N3O4S/c1-5-16(12-28)27-20(22(30)25-13(2)3)24-14(4)11-17(32-24)18(19(24)23(27)31)21(29)26-15-9-7-6-8-10-15/h6-10,13-14,16-20,28H,5,11-12H2,1-4H3,(H,25,30)(H,26,29)/t14?,16-,17+,18-,19-,20?,24?/m0/s1. The van der Waals surface area contributed by atoms with Gasteiger partial charge in [0, 0.05) is 17.0 Å². The number of fused-ring (bicyclic) bond motifs is 1. The summed E-state index contributed by atoms with van der Waals surface area (Å²) < 4.78 is -0.665. The number of aliphatic hydroxyl groups excluding tert-OH is 1. The summed E-state index contributed by atoms with van der Waals surface area (Å²) in [7, 11) is 0. The fourth-order valence-electron chi connectivity index (χ4n) is 5.98. The van der Waals surface area contributed by atoms with Crippen LogP contribution in [0.2, 0.25) is 0 Å². The minimum absolute atomic E-state index is 0.00614. The first-order chi connectivity index (χ1) is 15.3. The third kappa shape index (κ3) is 3.43. The summed E-state index contributed by atoms with van der Waals surface area (Å²) in [6, 6.07) is 8.05. The zero-order valence-corrected chi connectivity index (χ0v) is 19.9. The predicted molar refractivity (Wildman–Crippen MR) is 125 cm³/mol. The van der Waals surface area contributed by atoms with Gasteiger partial charge >= 0.3 is 0 Å². The Morgan fingerprint density at radius 2 is 1.94 bits per heavy atom. The van der Waals surface area contributed by atoms with E-state index in [4.69, 9.17) is 0 Å². The number of carbonyl (C=O) groups excluding carboxylic acids is 3. The highest BCUT2D eigenvalue weighted by molar-refractivity contribution is 8.02. The van der Waals surface area contributed by atoms with Crippen molar-refractivity contribution < 1.29 is 19.5 Å². The monoisotopic (exact) mass is 459 g/mol. The van der Waals surface area contributed by atoms with Crippen molar-refractivity contribution in [1.29, 1.82) is 0 Å². The van der Waals surface area contributed by atoms with E-state index in [1.54, 1.807) is 16.7 Å². The van der Waals surface area contributed by atoms with Gasteiger partial charge in [0.25, 0.3) is 0 Å². The van der Waals surface area contributed by atoms with Crippen LogP contribution in [-0.4, -0.2) is 62.5 Å². The van der Waals surface area contributed by atoms with E-state index in [9.17, 15) is 19.5 Å². The topological polar surface area (TPSA) is 98.7 Å². The van der Waals surface area contributed by atoms with Gasteiger partial charge in [0.05, 0.1) is 29.2 Å². The molecule has 0 aromatic heterocycles. The smallest absolute Gasteiger partial charge is 0.244 e. The van der Waals surface area contributed by atoms with Crippen molar-refractivity contribution in [3.05, 3.63) is 30.3 Å². The van der Waals surface area contributed by atoms with Crippen LogP contribution in [0.3, 0.4) is 0 Å². The first kappa shape index (κ1) is 23.1. The maximum atomic E-state index is 13.9. The minimum atomic E-state index is -0.695. The van der Waals surface area contributed by atoms with Crippen molar-refractivity contribution >= 4 is 35.2 Å². The van der Waals surface area contributed by atoms with Crippen LogP contribution in [0.25, 0.3) is 0 Å². The van der Waals surface area contributed by atoms with Crippen LogP contribution in [0, 0.1) is 17.8 Å². The molecule has 3 aliphatic heterocycles. The molecule has 0 aliphatic carbocycles. The quantitative estimate of drug-likeness (QED) is 0.581. The van der Waals surface area contributed by atoms with Crippen LogP contribution in [-0.2, 0) is 14.4 Å². The fourth-order valence-corrected chi connectivity index (χ4v) is 8.39. The largest absolute Gasteiger partial charge is 0.394 e. The van der Waals surface area contributed by atoms with E-state index in [1.165, 1.54) is 0 Å². The second-order valence-corrected chi connectivity index (χ2v) is 11.1. The average Bonchev–Trinajstić information content (AvgIpc) is 3.33. The first-order valence-corrected chi connectivity index (χ1v) is 12.4. The number of thioether (sulfide) groups is 1. The number of benzene rings is 1. The van der Waals surface area contributed by atoms with Gasteiger partial charge in [-0.15, -0.1) is 11.8 Å². The second kappa shape index (κ2) is 8.71. The molecule has 7 atom stereocenters. The lowest BCUT2D eigenvalue weighted by molar-refractivity contribution is -0.142. The van der Waals surface area contributed by atoms with Crippen molar-refractivity contribution in [2.24, 2.45) is 17.8 Å². The van der Waals surface area contributed by atoms with Gasteiger partial charge in [-0.2, -0.15) is 0 Å². The van der Waals surface area contributed by atoms with Crippen LogP contribution >= 0.6 is 11.8 Å².